The third-order valence-electron chi connectivity index (χ3n) is 9.53. The van der Waals surface area contributed by atoms with Crippen LogP contribution in [0.3, 0.4) is 0 Å². The molecule has 0 heterocycles. The van der Waals surface area contributed by atoms with E-state index in [2.05, 4.69) is 6.92 Å². The number of carbonyl (C=O) groups is 1. The average molecular weight is 368 g/mol. The third kappa shape index (κ3) is 1.77. The van der Waals surface area contributed by atoms with Crippen LogP contribution in [0.5, 0.6) is 0 Å². The van der Waals surface area contributed by atoms with E-state index in [0.29, 0.717) is 30.3 Å². The van der Waals surface area contributed by atoms with Gasteiger partial charge in [0.2, 0.25) is 0 Å². The van der Waals surface area contributed by atoms with Gasteiger partial charge in [-0.3, -0.25) is 4.79 Å². The molecule has 2 unspecified atom stereocenters. The molecule has 0 bridgehead atoms. The van der Waals surface area contributed by atoms with Crippen LogP contribution in [0.4, 0.5) is 13.2 Å². The molecule has 2 nitrogen and oxygen atoms in total. The van der Waals surface area contributed by atoms with Crippen LogP contribution >= 0.6 is 0 Å². The summed E-state index contributed by atoms with van der Waals surface area (Å²) in [7, 11) is 0. The molecule has 4 saturated carbocycles. The monoisotopic (exact) mass is 368 g/mol. The first kappa shape index (κ1) is 17.3. The van der Waals surface area contributed by atoms with Gasteiger partial charge in [0.25, 0.3) is 0 Å². The smallest absolute Gasteiger partial charge is 0.393 e. The Balaban J connectivity index is 1.60. The molecular weight excluding hydrogens is 341 g/mol. The molecule has 0 amide bonds. The number of rotatable bonds is 0. The van der Waals surface area contributed by atoms with Gasteiger partial charge in [0.15, 0.2) is 5.78 Å². The van der Waals surface area contributed by atoms with Gasteiger partial charge in [-0.1, -0.05) is 13.8 Å². The van der Waals surface area contributed by atoms with E-state index in [4.69, 9.17) is 0 Å². The lowest BCUT2D eigenvalue weighted by molar-refractivity contribution is -0.137. The molecule has 5 aliphatic carbocycles. The van der Waals surface area contributed by atoms with Gasteiger partial charge >= 0.3 is 6.18 Å². The predicted octanol–water partition coefficient (Wildman–Crippen LogP) is 4.81. The Morgan fingerprint density at radius 2 is 1.81 bits per heavy atom. The molecule has 5 aliphatic rings. The Morgan fingerprint density at radius 3 is 2.50 bits per heavy atom. The Bertz CT molecular complexity index is 725. The van der Waals surface area contributed by atoms with Crippen LogP contribution < -0.4 is 0 Å². The standard InChI is InChI=1S/C21H27F3O2/c1-18-7-6-15(25)17(21(22,23)24)14(18)4-3-13-12(18)5-8-19(2)16(26)9-11-10-20(11,13)19/h11-13,16,26H,3-10H2,1-2H3/t11-,12?,13?,16+,18-,19-,20+/m1/s1. The van der Waals surface area contributed by atoms with Crippen LogP contribution in [-0.2, 0) is 4.79 Å². The van der Waals surface area contributed by atoms with Crippen LogP contribution in [-0.4, -0.2) is 23.2 Å². The van der Waals surface area contributed by atoms with Gasteiger partial charge in [-0.15, -0.1) is 0 Å². The molecule has 0 aromatic heterocycles. The molecular formula is C21H27F3O2. The van der Waals surface area contributed by atoms with Crippen LogP contribution in [0.1, 0.15) is 65.2 Å². The molecule has 0 radical (unpaired) electrons. The summed E-state index contributed by atoms with van der Waals surface area (Å²) in [6.45, 7) is 4.22. The van der Waals surface area contributed by atoms with Crippen molar-refractivity contribution < 1.29 is 23.1 Å². The van der Waals surface area contributed by atoms with E-state index in [9.17, 15) is 23.1 Å². The van der Waals surface area contributed by atoms with E-state index >= 15 is 0 Å². The van der Waals surface area contributed by atoms with Gasteiger partial charge < -0.3 is 5.11 Å². The number of halogens is 3. The largest absolute Gasteiger partial charge is 0.419 e. The van der Waals surface area contributed by atoms with E-state index < -0.39 is 22.9 Å². The SMILES string of the molecule is C[C@]12CCC(=O)C(C(F)(F)F)=C1CCC1C2CC[C@]2(C)[C@@H](O)C[C@@H]3C[C@@]132. The number of carbonyl (C=O) groups excluding carboxylic acids is 1. The molecule has 144 valence electrons. The summed E-state index contributed by atoms with van der Waals surface area (Å²) >= 11 is 0. The zero-order chi connectivity index (χ0) is 18.7. The van der Waals surface area contributed by atoms with Crippen molar-refractivity contribution in [2.45, 2.75) is 77.5 Å². The number of allylic oxidation sites excluding steroid dienone is 1. The number of ketones is 1. The summed E-state index contributed by atoms with van der Waals surface area (Å²) in [5, 5.41) is 10.6. The van der Waals surface area contributed by atoms with Crippen molar-refractivity contribution in [3.63, 3.8) is 0 Å². The highest BCUT2D eigenvalue weighted by Gasteiger charge is 2.78. The summed E-state index contributed by atoms with van der Waals surface area (Å²) in [5.74, 6) is 0.472. The van der Waals surface area contributed by atoms with Crippen molar-refractivity contribution in [1.29, 1.82) is 0 Å². The van der Waals surface area contributed by atoms with Gasteiger partial charge in [0, 0.05) is 6.42 Å². The van der Waals surface area contributed by atoms with Crippen LogP contribution in [0.25, 0.3) is 0 Å². The van der Waals surface area contributed by atoms with Gasteiger partial charge in [0.1, 0.15) is 0 Å². The minimum Gasteiger partial charge on any atom is -0.393 e. The van der Waals surface area contributed by atoms with E-state index in [1.807, 2.05) is 6.92 Å². The number of alkyl halides is 3. The molecule has 5 rings (SSSR count). The second-order valence-corrected chi connectivity index (χ2v) is 10.1. The average Bonchev–Trinajstić information content (AvgIpc) is 3.20. The second-order valence-electron chi connectivity index (χ2n) is 10.1. The van der Waals surface area contributed by atoms with E-state index in [0.717, 1.165) is 32.1 Å². The van der Waals surface area contributed by atoms with Crippen molar-refractivity contribution in [2.24, 2.45) is 34.0 Å². The van der Waals surface area contributed by atoms with E-state index in [-0.39, 0.29) is 29.3 Å². The fourth-order valence-electron chi connectivity index (χ4n) is 8.25. The lowest BCUT2D eigenvalue weighted by Crippen LogP contribution is -2.54. The molecule has 5 heteroatoms. The summed E-state index contributed by atoms with van der Waals surface area (Å²) in [4.78, 5) is 12.1. The molecule has 1 N–H and O–H groups in total. The zero-order valence-corrected chi connectivity index (χ0v) is 15.5. The Hall–Kier alpha value is -0.840. The van der Waals surface area contributed by atoms with Gasteiger partial charge in [-0.2, -0.15) is 13.2 Å². The highest BCUT2D eigenvalue weighted by molar-refractivity contribution is 5.98. The lowest BCUT2D eigenvalue weighted by Gasteiger charge is -2.59. The summed E-state index contributed by atoms with van der Waals surface area (Å²) in [6.07, 6.45) is 0.735. The minimum atomic E-state index is -4.53. The van der Waals surface area contributed by atoms with Crippen LogP contribution in [0.2, 0.25) is 0 Å². The van der Waals surface area contributed by atoms with Crippen molar-refractivity contribution in [3.05, 3.63) is 11.1 Å². The fraction of sp³-hybridized carbons (Fsp3) is 0.857. The number of Topliss-reactive ketones (excluding diaryl/α,β-unsaturated/α-hetero) is 1. The Kier molecular flexibility index (Phi) is 3.16. The highest BCUT2D eigenvalue weighted by atomic mass is 19.4. The number of hydrogen-bond acceptors (Lipinski definition) is 2. The summed E-state index contributed by atoms with van der Waals surface area (Å²) in [5.41, 5.74) is -0.844. The minimum absolute atomic E-state index is 0.0222. The molecule has 0 aromatic rings. The van der Waals surface area contributed by atoms with Gasteiger partial charge in [-0.05, 0) is 84.5 Å². The van der Waals surface area contributed by atoms with Gasteiger partial charge in [0.05, 0.1) is 11.7 Å². The van der Waals surface area contributed by atoms with Crippen LogP contribution in [0, 0.1) is 34.0 Å². The fourth-order valence-corrected chi connectivity index (χ4v) is 8.25. The molecule has 0 saturated heterocycles. The Labute approximate surface area is 152 Å². The summed E-state index contributed by atoms with van der Waals surface area (Å²) < 4.78 is 41.0. The number of hydrogen-bond donors (Lipinski definition) is 1. The first-order valence-electron chi connectivity index (χ1n) is 10.1. The quantitative estimate of drug-likeness (QED) is 0.666. The number of aliphatic hydroxyl groups is 1. The summed E-state index contributed by atoms with van der Waals surface area (Å²) in [6, 6.07) is 0. The van der Waals surface area contributed by atoms with Crippen LogP contribution in [0.15, 0.2) is 11.1 Å². The molecule has 7 atom stereocenters. The lowest BCUT2D eigenvalue weighted by atomic mass is 9.45. The van der Waals surface area contributed by atoms with Crippen molar-refractivity contribution in [1.82, 2.24) is 0 Å². The maximum atomic E-state index is 13.7. The second kappa shape index (κ2) is 4.76. The van der Waals surface area contributed by atoms with Crippen molar-refractivity contribution >= 4 is 5.78 Å². The zero-order valence-electron chi connectivity index (χ0n) is 15.5. The molecule has 26 heavy (non-hydrogen) atoms. The topological polar surface area (TPSA) is 37.3 Å². The maximum Gasteiger partial charge on any atom is 0.419 e. The van der Waals surface area contributed by atoms with E-state index in [1.165, 1.54) is 0 Å². The third-order valence-corrected chi connectivity index (χ3v) is 9.53. The van der Waals surface area contributed by atoms with E-state index in [1.54, 1.807) is 0 Å². The molecule has 4 fully saturated rings. The maximum absolute atomic E-state index is 13.7. The first-order chi connectivity index (χ1) is 12.1. The van der Waals surface area contributed by atoms with Gasteiger partial charge in [-0.25, -0.2) is 0 Å². The predicted molar refractivity (Wildman–Crippen MR) is 90.1 cm³/mol. The first-order valence-corrected chi connectivity index (χ1v) is 10.1. The molecule has 0 aliphatic heterocycles. The molecule has 1 spiro atoms. The van der Waals surface area contributed by atoms with Crippen molar-refractivity contribution in [3.8, 4) is 0 Å². The number of aliphatic hydroxyl groups excluding tert-OH is 1. The van der Waals surface area contributed by atoms with Crippen molar-refractivity contribution in [2.75, 3.05) is 0 Å². The Morgan fingerprint density at radius 1 is 1.08 bits per heavy atom. The number of fused-ring (bicyclic) bond motifs is 3. The molecule has 0 aromatic carbocycles. The highest BCUT2D eigenvalue weighted by Crippen LogP contribution is 2.82. The normalized spacial score (nSPS) is 52.9.